The molecule has 2 aromatic heterocycles. The largest absolute Gasteiger partial charge is 0.491 e. The summed E-state index contributed by atoms with van der Waals surface area (Å²) in [5, 5.41) is 0. The van der Waals surface area contributed by atoms with Crippen LogP contribution >= 0.6 is 0 Å². The maximum Gasteiger partial charge on any atom is 0.285 e. The number of carbonyl (C=O) groups excluding carboxylic acids is 2. The van der Waals surface area contributed by atoms with Crippen molar-refractivity contribution in [2.75, 3.05) is 6.61 Å². The molecule has 0 atom stereocenters. The average molecular weight is 292 g/mol. The van der Waals surface area contributed by atoms with E-state index in [-0.39, 0.29) is 5.69 Å². The third-order valence-electron chi connectivity index (χ3n) is 2.79. The van der Waals surface area contributed by atoms with Gasteiger partial charge in [-0.3, -0.25) is 20.4 Å². The second-order valence-corrected chi connectivity index (χ2v) is 4.09. The smallest absolute Gasteiger partial charge is 0.285 e. The van der Waals surface area contributed by atoms with Gasteiger partial charge in [-0.05, 0) is 19.1 Å². The first kappa shape index (κ1) is 14.6. The highest BCUT2D eigenvalue weighted by Gasteiger charge is 2.18. The van der Waals surface area contributed by atoms with Gasteiger partial charge in [0.2, 0.25) is 0 Å². The third kappa shape index (κ3) is 2.88. The molecule has 21 heavy (non-hydrogen) atoms. The number of hydrazine groups is 2. The van der Waals surface area contributed by atoms with Crippen LogP contribution in [-0.4, -0.2) is 28.4 Å². The van der Waals surface area contributed by atoms with Gasteiger partial charge >= 0.3 is 0 Å². The van der Waals surface area contributed by atoms with Crippen LogP contribution in [0.1, 0.15) is 27.9 Å². The summed E-state index contributed by atoms with van der Waals surface area (Å²) in [7, 11) is 0. The van der Waals surface area contributed by atoms with Crippen LogP contribution in [0, 0.1) is 0 Å². The fraction of sp³-hybridized carbons (Fsp3) is 0.167. The Bertz CT molecular complexity index is 660. The van der Waals surface area contributed by atoms with Gasteiger partial charge in [0.05, 0.1) is 18.0 Å². The second-order valence-electron chi connectivity index (χ2n) is 4.09. The predicted molar refractivity (Wildman–Crippen MR) is 75.1 cm³/mol. The molecule has 112 valence electrons. The summed E-state index contributed by atoms with van der Waals surface area (Å²) in [6.07, 6.45) is 0. The van der Waals surface area contributed by atoms with E-state index in [4.69, 9.17) is 16.4 Å². The molecule has 0 unspecified atom stereocenters. The van der Waals surface area contributed by atoms with Crippen molar-refractivity contribution >= 4 is 11.8 Å². The molecule has 0 saturated heterocycles. The standard InChI is InChI=1S/C12H16N6O3/c1-2-21-9-5-8(16-10(9)12(20)18-14)6-3-4-7(15-6)11(19)17-13/h3-5,15-16H,2,13-14H2,1H3,(H,17,19)(H,18,20). The van der Waals surface area contributed by atoms with Gasteiger partial charge in [-0.2, -0.15) is 0 Å². The number of ether oxygens (including phenoxy) is 1. The minimum absolute atomic E-state index is 0.203. The minimum atomic E-state index is -0.504. The lowest BCUT2D eigenvalue weighted by molar-refractivity contribution is 0.0939. The Morgan fingerprint density at radius 2 is 1.86 bits per heavy atom. The minimum Gasteiger partial charge on any atom is -0.491 e. The molecular formula is C12H16N6O3. The van der Waals surface area contributed by atoms with E-state index in [1.54, 1.807) is 25.1 Å². The number of nitrogen functional groups attached to an aromatic ring is 2. The van der Waals surface area contributed by atoms with Gasteiger partial charge in [0.25, 0.3) is 11.8 Å². The Labute approximate surface area is 120 Å². The van der Waals surface area contributed by atoms with Crippen molar-refractivity contribution in [3.05, 3.63) is 29.6 Å². The molecule has 9 heteroatoms. The summed E-state index contributed by atoms with van der Waals surface area (Å²) in [6.45, 7) is 2.20. The maximum atomic E-state index is 11.7. The summed E-state index contributed by atoms with van der Waals surface area (Å²) >= 11 is 0. The summed E-state index contributed by atoms with van der Waals surface area (Å²) in [5.41, 5.74) is 5.74. The van der Waals surface area contributed by atoms with Crippen molar-refractivity contribution in [1.29, 1.82) is 0 Å². The van der Waals surface area contributed by atoms with Gasteiger partial charge < -0.3 is 14.7 Å². The quantitative estimate of drug-likeness (QED) is 0.252. The molecular weight excluding hydrogens is 276 g/mol. The molecule has 9 nitrogen and oxygen atoms in total. The molecule has 0 aromatic carbocycles. The first-order valence-electron chi connectivity index (χ1n) is 6.17. The molecule has 0 saturated carbocycles. The number of nitrogens with two attached hydrogens (primary N) is 2. The Morgan fingerprint density at radius 3 is 2.48 bits per heavy atom. The third-order valence-corrected chi connectivity index (χ3v) is 2.79. The van der Waals surface area contributed by atoms with Crippen LogP contribution in [0.4, 0.5) is 0 Å². The highest BCUT2D eigenvalue weighted by atomic mass is 16.5. The van der Waals surface area contributed by atoms with Gasteiger partial charge in [-0.1, -0.05) is 0 Å². The highest BCUT2D eigenvalue weighted by molar-refractivity contribution is 5.96. The van der Waals surface area contributed by atoms with E-state index in [2.05, 4.69) is 9.97 Å². The second kappa shape index (κ2) is 6.11. The lowest BCUT2D eigenvalue weighted by Gasteiger charge is -2.02. The number of H-pyrrole nitrogens is 2. The van der Waals surface area contributed by atoms with Gasteiger partial charge in [-0.15, -0.1) is 0 Å². The van der Waals surface area contributed by atoms with Crippen LogP contribution in [0.5, 0.6) is 5.75 Å². The van der Waals surface area contributed by atoms with E-state index in [1.165, 1.54) is 0 Å². The molecule has 0 bridgehead atoms. The van der Waals surface area contributed by atoms with Crippen LogP contribution in [0.3, 0.4) is 0 Å². The fourth-order valence-corrected chi connectivity index (χ4v) is 1.85. The Kier molecular flexibility index (Phi) is 4.26. The number of carbonyl (C=O) groups is 2. The van der Waals surface area contributed by atoms with E-state index in [1.807, 2.05) is 10.9 Å². The van der Waals surface area contributed by atoms with Crippen molar-refractivity contribution < 1.29 is 14.3 Å². The van der Waals surface area contributed by atoms with Crippen LogP contribution < -0.4 is 27.3 Å². The zero-order chi connectivity index (χ0) is 15.4. The van der Waals surface area contributed by atoms with Gasteiger partial charge in [0, 0.05) is 6.07 Å². The summed E-state index contributed by atoms with van der Waals surface area (Å²) in [5.74, 6) is 9.61. The van der Waals surface area contributed by atoms with Gasteiger partial charge in [0.1, 0.15) is 11.4 Å². The van der Waals surface area contributed by atoms with E-state index >= 15 is 0 Å². The number of hydrogen-bond acceptors (Lipinski definition) is 5. The molecule has 2 rings (SSSR count). The van der Waals surface area contributed by atoms with Crippen molar-refractivity contribution in [1.82, 2.24) is 20.8 Å². The molecule has 2 aromatic rings. The van der Waals surface area contributed by atoms with E-state index in [0.717, 1.165) is 0 Å². The molecule has 2 amide bonds. The lowest BCUT2D eigenvalue weighted by Crippen LogP contribution is -2.30. The molecule has 0 aliphatic carbocycles. The number of nitrogens with one attached hydrogen (secondary N) is 4. The fourth-order valence-electron chi connectivity index (χ4n) is 1.85. The number of aromatic amines is 2. The zero-order valence-corrected chi connectivity index (χ0v) is 11.3. The summed E-state index contributed by atoms with van der Waals surface area (Å²) in [6, 6.07) is 4.89. The molecule has 0 aliphatic heterocycles. The Hall–Kier alpha value is -2.78. The van der Waals surface area contributed by atoms with Crippen molar-refractivity contribution in [2.45, 2.75) is 6.92 Å². The molecule has 0 fully saturated rings. The van der Waals surface area contributed by atoms with E-state index < -0.39 is 11.8 Å². The normalized spacial score (nSPS) is 10.2. The Morgan fingerprint density at radius 1 is 1.14 bits per heavy atom. The topological polar surface area (TPSA) is 151 Å². The van der Waals surface area contributed by atoms with Crippen LogP contribution in [-0.2, 0) is 0 Å². The van der Waals surface area contributed by atoms with Crippen LogP contribution in [0.25, 0.3) is 11.4 Å². The zero-order valence-electron chi connectivity index (χ0n) is 11.3. The van der Waals surface area contributed by atoms with Gasteiger partial charge in [0.15, 0.2) is 5.75 Å². The molecule has 0 aliphatic rings. The monoisotopic (exact) mass is 292 g/mol. The highest BCUT2D eigenvalue weighted by Crippen LogP contribution is 2.27. The number of amides is 2. The maximum absolute atomic E-state index is 11.7. The van der Waals surface area contributed by atoms with Gasteiger partial charge in [-0.25, -0.2) is 11.7 Å². The van der Waals surface area contributed by atoms with E-state index in [9.17, 15) is 9.59 Å². The molecule has 2 heterocycles. The van der Waals surface area contributed by atoms with Crippen LogP contribution in [0.15, 0.2) is 18.2 Å². The Balaban J connectivity index is 2.37. The van der Waals surface area contributed by atoms with Crippen molar-refractivity contribution in [2.24, 2.45) is 11.7 Å². The summed E-state index contributed by atoms with van der Waals surface area (Å²) in [4.78, 5) is 28.9. The molecule has 8 N–H and O–H groups in total. The average Bonchev–Trinajstić information content (AvgIpc) is 3.12. The predicted octanol–water partition coefficient (Wildman–Crippen LogP) is -0.384. The van der Waals surface area contributed by atoms with Crippen molar-refractivity contribution in [3.63, 3.8) is 0 Å². The SMILES string of the molecule is CCOc1cc(-c2ccc(C(=O)NN)[nH]2)[nH]c1C(=O)NN. The molecule has 0 spiro atoms. The van der Waals surface area contributed by atoms with Crippen LogP contribution in [0.2, 0.25) is 0 Å². The number of aromatic nitrogens is 2. The number of hydrogen-bond donors (Lipinski definition) is 6. The lowest BCUT2D eigenvalue weighted by atomic mass is 10.3. The first-order valence-corrected chi connectivity index (χ1v) is 6.17. The van der Waals surface area contributed by atoms with Crippen molar-refractivity contribution in [3.8, 4) is 17.1 Å². The molecule has 0 radical (unpaired) electrons. The van der Waals surface area contributed by atoms with E-state index in [0.29, 0.717) is 29.4 Å². The summed E-state index contributed by atoms with van der Waals surface area (Å²) < 4.78 is 5.38. The number of rotatable bonds is 5. The first-order chi connectivity index (χ1) is 10.1.